The third-order valence-corrected chi connectivity index (χ3v) is 4.40. The molecule has 1 aromatic heterocycles. The van der Waals surface area contributed by atoms with E-state index in [0.717, 1.165) is 24.1 Å². The number of carbonyl (C=O) groups is 2. The molecule has 0 aromatic carbocycles. The number of hydrogen-bond acceptors (Lipinski definition) is 3. The number of carboxylic acid groups (broad SMARTS) is 1. The van der Waals surface area contributed by atoms with Crippen molar-refractivity contribution in [3.63, 3.8) is 0 Å². The average molecular weight is 282 g/mol. The van der Waals surface area contributed by atoms with E-state index < -0.39 is 11.5 Å². The molecule has 0 aliphatic heterocycles. The van der Waals surface area contributed by atoms with Crippen LogP contribution in [0.25, 0.3) is 0 Å². The molecule has 5 nitrogen and oxygen atoms in total. The minimum atomic E-state index is -0.867. The maximum absolute atomic E-state index is 11.8. The van der Waals surface area contributed by atoms with E-state index in [0.29, 0.717) is 6.54 Å². The molecule has 2 amide bonds. The standard InChI is InChI=1S/C13H18N2O3S/c1-9-3-4-10(19-9)8-14-12(18)15-13(5-2-6-13)7-11(16)17/h3-4H,2,5-8H2,1H3,(H,16,17)(H2,14,15,18). The first-order valence-electron chi connectivity index (χ1n) is 6.32. The van der Waals surface area contributed by atoms with Gasteiger partial charge in [0.05, 0.1) is 18.5 Å². The van der Waals surface area contributed by atoms with Crippen LogP contribution < -0.4 is 10.6 Å². The highest BCUT2D eigenvalue weighted by atomic mass is 32.1. The third-order valence-electron chi connectivity index (χ3n) is 3.40. The van der Waals surface area contributed by atoms with Crippen LogP contribution in [0, 0.1) is 6.92 Å². The van der Waals surface area contributed by atoms with Crippen LogP contribution >= 0.6 is 11.3 Å². The zero-order chi connectivity index (χ0) is 13.9. The van der Waals surface area contributed by atoms with Gasteiger partial charge in [-0.25, -0.2) is 4.79 Å². The van der Waals surface area contributed by atoms with Crippen molar-refractivity contribution in [3.8, 4) is 0 Å². The predicted molar refractivity (Wildman–Crippen MR) is 73.3 cm³/mol. The van der Waals surface area contributed by atoms with Crippen LogP contribution in [0.1, 0.15) is 35.4 Å². The lowest BCUT2D eigenvalue weighted by Gasteiger charge is -2.41. The lowest BCUT2D eigenvalue weighted by atomic mass is 9.74. The summed E-state index contributed by atoms with van der Waals surface area (Å²) in [6.45, 7) is 2.50. The number of aliphatic carboxylic acids is 1. The van der Waals surface area contributed by atoms with E-state index in [9.17, 15) is 9.59 Å². The summed E-state index contributed by atoms with van der Waals surface area (Å²) in [5.74, 6) is -0.867. The van der Waals surface area contributed by atoms with Crippen LogP contribution in [0.4, 0.5) is 4.79 Å². The van der Waals surface area contributed by atoms with Gasteiger partial charge in [-0.2, -0.15) is 0 Å². The molecule has 0 unspecified atom stereocenters. The minimum Gasteiger partial charge on any atom is -0.481 e. The molecule has 0 spiro atoms. The highest BCUT2D eigenvalue weighted by Crippen LogP contribution is 2.34. The Bertz CT molecular complexity index is 480. The summed E-state index contributed by atoms with van der Waals surface area (Å²) in [6.07, 6.45) is 2.45. The lowest BCUT2D eigenvalue weighted by molar-refractivity contribution is -0.139. The molecule has 0 bridgehead atoms. The summed E-state index contributed by atoms with van der Waals surface area (Å²) in [4.78, 5) is 24.9. The topological polar surface area (TPSA) is 78.4 Å². The number of nitrogens with one attached hydrogen (secondary N) is 2. The Morgan fingerprint density at radius 2 is 2.16 bits per heavy atom. The summed E-state index contributed by atoms with van der Waals surface area (Å²) in [6, 6.07) is 3.71. The van der Waals surface area contributed by atoms with Crippen LogP contribution in [0.3, 0.4) is 0 Å². The van der Waals surface area contributed by atoms with E-state index in [1.54, 1.807) is 11.3 Å². The highest BCUT2D eigenvalue weighted by Gasteiger charge is 2.40. The summed E-state index contributed by atoms with van der Waals surface area (Å²) < 4.78 is 0. The molecule has 0 radical (unpaired) electrons. The van der Waals surface area contributed by atoms with E-state index in [1.165, 1.54) is 4.88 Å². The zero-order valence-corrected chi connectivity index (χ0v) is 11.7. The normalized spacial score (nSPS) is 16.5. The van der Waals surface area contributed by atoms with Crippen molar-refractivity contribution in [1.29, 1.82) is 0 Å². The Hall–Kier alpha value is -1.56. The molecule has 104 valence electrons. The quantitative estimate of drug-likeness (QED) is 0.775. The second-order valence-corrected chi connectivity index (χ2v) is 6.40. The molecule has 1 heterocycles. The van der Waals surface area contributed by atoms with Gasteiger partial charge in [0, 0.05) is 9.75 Å². The maximum atomic E-state index is 11.8. The second-order valence-electron chi connectivity index (χ2n) is 5.02. The van der Waals surface area contributed by atoms with Gasteiger partial charge in [-0.15, -0.1) is 11.3 Å². The Morgan fingerprint density at radius 3 is 2.63 bits per heavy atom. The molecule has 0 atom stereocenters. The van der Waals surface area contributed by atoms with Gasteiger partial charge >= 0.3 is 12.0 Å². The Labute approximate surface area is 116 Å². The number of rotatable bonds is 5. The molecule has 19 heavy (non-hydrogen) atoms. The molecule has 1 aromatic rings. The molecule has 1 fully saturated rings. The third kappa shape index (κ3) is 3.70. The molecule has 1 aliphatic rings. The van der Waals surface area contributed by atoms with E-state index in [1.807, 2.05) is 19.1 Å². The van der Waals surface area contributed by atoms with Crippen molar-refractivity contribution >= 4 is 23.3 Å². The Morgan fingerprint density at radius 1 is 1.42 bits per heavy atom. The van der Waals surface area contributed by atoms with Gasteiger partial charge in [-0.1, -0.05) is 0 Å². The van der Waals surface area contributed by atoms with Gasteiger partial charge in [0.1, 0.15) is 0 Å². The highest BCUT2D eigenvalue weighted by molar-refractivity contribution is 7.11. The van der Waals surface area contributed by atoms with Crippen molar-refractivity contribution in [3.05, 3.63) is 21.9 Å². The number of urea groups is 1. The fourth-order valence-corrected chi connectivity index (χ4v) is 3.10. The van der Waals surface area contributed by atoms with Crippen LogP contribution in [-0.2, 0) is 11.3 Å². The summed E-state index contributed by atoms with van der Waals surface area (Å²) in [7, 11) is 0. The number of hydrogen-bond donors (Lipinski definition) is 3. The van der Waals surface area contributed by atoms with Gasteiger partial charge in [-0.05, 0) is 38.3 Å². The maximum Gasteiger partial charge on any atom is 0.315 e. The van der Waals surface area contributed by atoms with Crippen molar-refractivity contribution in [2.24, 2.45) is 0 Å². The molecular formula is C13H18N2O3S. The first kappa shape index (κ1) is 13.9. The predicted octanol–water partition coefficient (Wildman–Crippen LogP) is 2.25. The largest absolute Gasteiger partial charge is 0.481 e. The number of aryl methyl sites for hydroxylation is 1. The number of carboxylic acids is 1. The monoisotopic (exact) mass is 282 g/mol. The summed E-state index contributed by atoms with van der Waals surface area (Å²) >= 11 is 1.64. The van der Waals surface area contributed by atoms with Gasteiger partial charge in [0.25, 0.3) is 0 Å². The van der Waals surface area contributed by atoms with Crippen molar-refractivity contribution in [2.75, 3.05) is 0 Å². The number of carbonyl (C=O) groups excluding carboxylic acids is 1. The number of thiophene rings is 1. The summed E-state index contributed by atoms with van der Waals surface area (Å²) in [5.41, 5.74) is -0.540. The smallest absolute Gasteiger partial charge is 0.315 e. The summed E-state index contributed by atoms with van der Waals surface area (Å²) in [5, 5.41) is 14.5. The van der Waals surface area contributed by atoms with Crippen LogP contribution in [0.2, 0.25) is 0 Å². The van der Waals surface area contributed by atoms with Crippen LogP contribution in [0.15, 0.2) is 12.1 Å². The first-order chi connectivity index (χ1) is 8.99. The van der Waals surface area contributed by atoms with Gasteiger partial charge in [0.15, 0.2) is 0 Å². The molecule has 1 aliphatic carbocycles. The van der Waals surface area contributed by atoms with E-state index in [2.05, 4.69) is 10.6 Å². The molecule has 0 saturated heterocycles. The molecule has 2 rings (SSSR count). The van der Waals surface area contributed by atoms with Crippen LogP contribution in [-0.4, -0.2) is 22.6 Å². The van der Waals surface area contributed by atoms with Gasteiger partial charge < -0.3 is 15.7 Å². The second kappa shape index (κ2) is 5.61. The fourth-order valence-electron chi connectivity index (χ4n) is 2.27. The molecule has 6 heteroatoms. The molecular weight excluding hydrogens is 264 g/mol. The van der Waals surface area contributed by atoms with E-state index >= 15 is 0 Å². The first-order valence-corrected chi connectivity index (χ1v) is 7.14. The van der Waals surface area contributed by atoms with E-state index in [-0.39, 0.29) is 12.5 Å². The van der Waals surface area contributed by atoms with Crippen molar-refractivity contribution in [2.45, 2.75) is 44.7 Å². The zero-order valence-electron chi connectivity index (χ0n) is 10.9. The average Bonchev–Trinajstić information content (AvgIpc) is 2.69. The lowest BCUT2D eigenvalue weighted by Crippen LogP contribution is -2.57. The number of amides is 2. The van der Waals surface area contributed by atoms with Crippen molar-refractivity contribution < 1.29 is 14.7 Å². The van der Waals surface area contributed by atoms with Crippen LogP contribution in [0.5, 0.6) is 0 Å². The van der Waals surface area contributed by atoms with Gasteiger partial charge in [-0.3, -0.25) is 4.79 Å². The van der Waals surface area contributed by atoms with Crippen molar-refractivity contribution in [1.82, 2.24) is 10.6 Å². The Balaban J connectivity index is 1.81. The Kier molecular flexibility index (Phi) is 4.09. The molecule has 1 saturated carbocycles. The fraction of sp³-hybridized carbons (Fsp3) is 0.538. The minimum absolute atomic E-state index is 0.00146. The molecule has 3 N–H and O–H groups in total. The SMILES string of the molecule is Cc1ccc(CNC(=O)NC2(CC(=O)O)CCC2)s1. The van der Waals surface area contributed by atoms with E-state index in [4.69, 9.17) is 5.11 Å². The van der Waals surface area contributed by atoms with Gasteiger partial charge in [0.2, 0.25) is 0 Å².